The van der Waals surface area contributed by atoms with Gasteiger partial charge in [-0.3, -0.25) is 9.59 Å². The van der Waals surface area contributed by atoms with Crippen molar-refractivity contribution in [3.63, 3.8) is 0 Å². The van der Waals surface area contributed by atoms with Crippen molar-refractivity contribution in [2.45, 2.75) is 26.4 Å². The van der Waals surface area contributed by atoms with Crippen LogP contribution in [-0.4, -0.2) is 17.8 Å². The van der Waals surface area contributed by atoms with Gasteiger partial charge < -0.3 is 10.1 Å². The van der Waals surface area contributed by atoms with Crippen LogP contribution in [0.4, 0.5) is 5.69 Å². The molecular formula is C24H22ClNO3. The Bertz CT molecular complexity index is 1020. The highest BCUT2D eigenvalue weighted by atomic mass is 35.5. The zero-order valence-corrected chi connectivity index (χ0v) is 17.1. The van der Waals surface area contributed by atoms with Gasteiger partial charge in [0.25, 0.3) is 5.91 Å². The van der Waals surface area contributed by atoms with Gasteiger partial charge in [-0.2, -0.15) is 0 Å². The second kappa shape index (κ2) is 9.39. The number of hydrogen-bond acceptors (Lipinski definition) is 3. The van der Waals surface area contributed by atoms with Crippen LogP contribution in [0, 0.1) is 0 Å². The minimum Gasteiger partial charge on any atom is -0.481 e. The molecule has 0 aromatic heterocycles. The van der Waals surface area contributed by atoms with Crippen LogP contribution in [0.2, 0.25) is 5.02 Å². The first-order chi connectivity index (χ1) is 14.0. The lowest BCUT2D eigenvalue weighted by Gasteiger charge is -2.17. The first-order valence-corrected chi connectivity index (χ1v) is 9.81. The first-order valence-electron chi connectivity index (χ1n) is 9.43. The Labute approximate surface area is 175 Å². The van der Waals surface area contributed by atoms with Crippen molar-refractivity contribution in [3.8, 4) is 5.75 Å². The van der Waals surface area contributed by atoms with E-state index in [9.17, 15) is 9.59 Å². The Morgan fingerprint density at radius 2 is 1.76 bits per heavy atom. The van der Waals surface area contributed by atoms with E-state index in [1.54, 1.807) is 49.4 Å². The number of ketones is 1. The number of benzene rings is 3. The number of anilines is 1. The maximum atomic E-state index is 12.9. The van der Waals surface area contributed by atoms with Crippen LogP contribution in [0.25, 0.3) is 0 Å². The van der Waals surface area contributed by atoms with Gasteiger partial charge in [0.05, 0.1) is 5.69 Å². The van der Waals surface area contributed by atoms with E-state index in [0.29, 0.717) is 27.6 Å². The molecule has 1 atom stereocenters. The number of ether oxygens (including phenoxy) is 1. The fourth-order valence-electron chi connectivity index (χ4n) is 2.89. The molecule has 29 heavy (non-hydrogen) atoms. The van der Waals surface area contributed by atoms with Gasteiger partial charge in [-0.05, 0) is 49.2 Å². The van der Waals surface area contributed by atoms with E-state index in [1.165, 1.54) is 0 Å². The molecule has 5 heteroatoms. The van der Waals surface area contributed by atoms with Gasteiger partial charge in [0.15, 0.2) is 11.9 Å². The highest BCUT2D eigenvalue weighted by Crippen LogP contribution is 2.24. The number of halogens is 1. The number of hydrogen-bond donors (Lipinski definition) is 1. The maximum absolute atomic E-state index is 12.9. The molecule has 1 N–H and O–H groups in total. The predicted molar refractivity (Wildman–Crippen MR) is 116 cm³/mol. The minimum absolute atomic E-state index is 0.215. The lowest BCUT2D eigenvalue weighted by atomic mass is 10.0. The van der Waals surface area contributed by atoms with Gasteiger partial charge in [-0.15, -0.1) is 0 Å². The van der Waals surface area contributed by atoms with Gasteiger partial charge in [0.2, 0.25) is 0 Å². The molecule has 0 bridgehead atoms. The molecule has 0 spiro atoms. The fourth-order valence-corrected chi connectivity index (χ4v) is 3.06. The van der Waals surface area contributed by atoms with Crippen molar-refractivity contribution in [2.75, 3.05) is 5.32 Å². The van der Waals surface area contributed by atoms with Crippen molar-refractivity contribution in [1.82, 2.24) is 0 Å². The van der Waals surface area contributed by atoms with Crippen LogP contribution in [0.15, 0.2) is 72.8 Å². The Morgan fingerprint density at radius 1 is 1.00 bits per heavy atom. The van der Waals surface area contributed by atoms with Crippen LogP contribution < -0.4 is 10.1 Å². The van der Waals surface area contributed by atoms with Crippen LogP contribution in [0.1, 0.15) is 35.3 Å². The molecule has 0 aliphatic rings. The molecule has 148 valence electrons. The summed E-state index contributed by atoms with van der Waals surface area (Å²) in [5.41, 5.74) is 2.37. The summed E-state index contributed by atoms with van der Waals surface area (Å²) < 4.78 is 5.78. The Kier molecular flexibility index (Phi) is 6.68. The van der Waals surface area contributed by atoms with E-state index in [2.05, 4.69) is 12.2 Å². The Morgan fingerprint density at radius 3 is 2.48 bits per heavy atom. The Hall–Kier alpha value is -3.11. The average Bonchev–Trinajstić information content (AvgIpc) is 2.75. The summed E-state index contributed by atoms with van der Waals surface area (Å²) in [6.45, 7) is 3.73. The molecule has 0 radical (unpaired) electrons. The minimum atomic E-state index is -0.738. The maximum Gasteiger partial charge on any atom is 0.265 e. The summed E-state index contributed by atoms with van der Waals surface area (Å²) in [6, 6.07) is 21.3. The standard InChI is InChI=1S/C24H22ClNO3/c1-3-17-8-7-11-20(14-17)29-16(2)24(28)26-22-13-12-19(25)15-21(22)23(27)18-9-5-4-6-10-18/h4-16H,3H2,1-2H3,(H,26,28). The van der Waals surface area contributed by atoms with E-state index in [0.717, 1.165) is 12.0 Å². The summed E-state index contributed by atoms with van der Waals surface area (Å²) >= 11 is 6.09. The Balaban J connectivity index is 1.78. The van der Waals surface area contributed by atoms with E-state index in [1.807, 2.05) is 30.3 Å². The molecule has 0 aliphatic carbocycles. The molecule has 0 aliphatic heterocycles. The van der Waals surface area contributed by atoms with Crippen LogP contribution >= 0.6 is 11.6 Å². The summed E-state index contributed by atoms with van der Waals surface area (Å²) in [4.78, 5) is 25.6. The second-order valence-corrected chi connectivity index (χ2v) is 7.07. The van der Waals surface area contributed by atoms with Crippen LogP contribution in [0.3, 0.4) is 0 Å². The van der Waals surface area contributed by atoms with Crippen molar-refractivity contribution >= 4 is 29.0 Å². The zero-order chi connectivity index (χ0) is 20.8. The van der Waals surface area contributed by atoms with Gasteiger partial charge in [-0.1, -0.05) is 61.0 Å². The van der Waals surface area contributed by atoms with Gasteiger partial charge >= 0.3 is 0 Å². The third-order valence-electron chi connectivity index (χ3n) is 4.51. The quantitative estimate of drug-likeness (QED) is 0.523. The molecular weight excluding hydrogens is 386 g/mol. The summed E-state index contributed by atoms with van der Waals surface area (Å²) in [6.07, 6.45) is 0.144. The largest absolute Gasteiger partial charge is 0.481 e. The summed E-state index contributed by atoms with van der Waals surface area (Å²) in [7, 11) is 0. The number of amides is 1. The van der Waals surface area contributed by atoms with Crippen LogP contribution in [-0.2, 0) is 11.2 Å². The molecule has 3 aromatic carbocycles. The third-order valence-corrected chi connectivity index (χ3v) is 4.74. The normalized spacial score (nSPS) is 11.6. The monoisotopic (exact) mass is 407 g/mol. The molecule has 3 rings (SSSR count). The number of aryl methyl sites for hydroxylation is 1. The molecule has 1 amide bonds. The molecule has 0 saturated heterocycles. The second-order valence-electron chi connectivity index (χ2n) is 6.64. The van der Waals surface area contributed by atoms with E-state index < -0.39 is 6.10 Å². The van der Waals surface area contributed by atoms with Gasteiger partial charge in [-0.25, -0.2) is 0 Å². The topological polar surface area (TPSA) is 55.4 Å². The summed E-state index contributed by atoms with van der Waals surface area (Å²) in [5, 5.41) is 3.21. The number of nitrogens with one attached hydrogen (secondary N) is 1. The third kappa shape index (κ3) is 5.24. The average molecular weight is 408 g/mol. The number of carbonyl (C=O) groups is 2. The predicted octanol–water partition coefficient (Wildman–Crippen LogP) is 5.54. The van der Waals surface area contributed by atoms with Gasteiger partial charge in [0, 0.05) is 16.1 Å². The van der Waals surface area contributed by atoms with Crippen LogP contribution in [0.5, 0.6) is 5.75 Å². The van der Waals surface area contributed by atoms with Gasteiger partial charge in [0.1, 0.15) is 5.75 Å². The fraction of sp³-hybridized carbons (Fsp3) is 0.167. The molecule has 0 saturated carbocycles. The van der Waals surface area contributed by atoms with Crippen molar-refractivity contribution in [1.29, 1.82) is 0 Å². The zero-order valence-electron chi connectivity index (χ0n) is 16.3. The number of carbonyl (C=O) groups excluding carboxylic acids is 2. The van der Waals surface area contributed by atoms with E-state index >= 15 is 0 Å². The molecule has 4 nitrogen and oxygen atoms in total. The molecule has 0 heterocycles. The SMILES string of the molecule is CCc1cccc(OC(C)C(=O)Nc2ccc(Cl)cc2C(=O)c2ccccc2)c1. The van der Waals surface area contributed by atoms with Crippen molar-refractivity contribution in [2.24, 2.45) is 0 Å². The molecule has 1 unspecified atom stereocenters. The first kappa shape index (κ1) is 20.6. The molecule has 3 aromatic rings. The lowest BCUT2D eigenvalue weighted by Crippen LogP contribution is -2.30. The highest BCUT2D eigenvalue weighted by Gasteiger charge is 2.20. The van der Waals surface area contributed by atoms with E-state index in [-0.39, 0.29) is 11.7 Å². The van der Waals surface area contributed by atoms with E-state index in [4.69, 9.17) is 16.3 Å². The lowest BCUT2D eigenvalue weighted by molar-refractivity contribution is -0.122. The van der Waals surface area contributed by atoms with Crippen molar-refractivity contribution in [3.05, 3.63) is 94.5 Å². The highest BCUT2D eigenvalue weighted by molar-refractivity contribution is 6.31. The smallest absolute Gasteiger partial charge is 0.265 e. The summed E-state index contributed by atoms with van der Waals surface area (Å²) in [5.74, 6) is 0.0626. The van der Waals surface area contributed by atoms with Crippen molar-refractivity contribution < 1.29 is 14.3 Å². The number of rotatable bonds is 7. The molecule has 0 fully saturated rings.